The predicted octanol–water partition coefficient (Wildman–Crippen LogP) is 4.25. The highest BCUT2D eigenvalue weighted by molar-refractivity contribution is 9.10. The first-order valence-corrected chi connectivity index (χ1v) is 6.57. The molecule has 0 aliphatic heterocycles. The van der Waals surface area contributed by atoms with Crippen molar-refractivity contribution >= 4 is 45.0 Å². The fourth-order valence-corrected chi connectivity index (χ4v) is 2.11. The van der Waals surface area contributed by atoms with Crippen molar-refractivity contribution in [3.8, 4) is 0 Å². The van der Waals surface area contributed by atoms with Crippen LogP contribution in [0.5, 0.6) is 0 Å². The van der Waals surface area contributed by atoms with Gasteiger partial charge in [0.15, 0.2) is 0 Å². The van der Waals surface area contributed by atoms with Crippen molar-refractivity contribution in [1.82, 2.24) is 4.98 Å². The topological polar surface area (TPSA) is 62.2 Å². The number of carboxylic acids is 1. The summed E-state index contributed by atoms with van der Waals surface area (Å²) in [6.45, 7) is 1.74. The van der Waals surface area contributed by atoms with Gasteiger partial charge in [-0.15, -0.1) is 0 Å². The molecule has 0 unspecified atom stereocenters. The molecule has 1 aromatic carbocycles. The first-order valence-electron chi connectivity index (χ1n) is 5.40. The van der Waals surface area contributed by atoms with E-state index < -0.39 is 5.97 Å². The third-order valence-corrected chi connectivity index (χ3v) is 3.21. The van der Waals surface area contributed by atoms with Gasteiger partial charge in [-0.3, -0.25) is 0 Å². The average molecular weight is 342 g/mol. The number of nitrogens with zero attached hydrogens (tertiary/aromatic N) is 1. The molecule has 0 fully saturated rings. The molecule has 2 N–H and O–H groups in total. The maximum atomic E-state index is 11.0. The molecule has 2 aromatic rings. The van der Waals surface area contributed by atoms with Gasteiger partial charge in [-0.25, -0.2) is 9.78 Å². The van der Waals surface area contributed by atoms with Gasteiger partial charge in [0.25, 0.3) is 0 Å². The molecule has 0 amide bonds. The molecule has 0 radical (unpaired) electrons. The fourth-order valence-electron chi connectivity index (χ4n) is 1.59. The highest BCUT2D eigenvalue weighted by Gasteiger charge is 2.08. The maximum Gasteiger partial charge on any atom is 0.335 e. The molecule has 0 aliphatic rings. The standard InChI is InChI=1S/C13H10BrClN2O2/c1-7-4-8(13(18)19)5-12(16-7)17-11-6-9(14)2-3-10(11)15/h2-6H,1H3,(H,16,17)(H,18,19). The third kappa shape index (κ3) is 3.45. The third-order valence-electron chi connectivity index (χ3n) is 2.39. The van der Waals surface area contributed by atoms with Crippen molar-refractivity contribution in [3.63, 3.8) is 0 Å². The molecule has 0 atom stereocenters. The Morgan fingerprint density at radius 1 is 1.37 bits per heavy atom. The van der Waals surface area contributed by atoms with Gasteiger partial charge < -0.3 is 10.4 Å². The lowest BCUT2D eigenvalue weighted by molar-refractivity contribution is 0.0696. The summed E-state index contributed by atoms with van der Waals surface area (Å²) in [5.41, 5.74) is 1.46. The summed E-state index contributed by atoms with van der Waals surface area (Å²) < 4.78 is 0.866. The van der Waals surface area contributed by atoms with Gasteiger partial charge in [0.05, 0.1) is 16.3 Å². The quantitative estimate of drug-likeness (QED) is 0.876. The Bertz CT molecular complexity index is 647. The molecule has 0 spiro atoms. The Morgan fingerprint density at radius 2 is 2.11 bits per heavy atom. The van der Waals surface area contributed by atoms with E-state index in [-0.39, 0.29) is 5.56 Å². The van der Waals surface area contributed by atoms with E-state index in [2.05, 4.69) is 26.2 Å². The SMILES string of the molecule is Cc1cc(C(=O)O)cc(Nc2cc(Br)ccc2Cl)n1. The smallest absolute Gasteiger partial charge is 0.335 e. The van der Waals surface area contributed by atoms with Gasteiger partial charge in [0, 0.05) is 10.2 Å². The molecule has 1 heterocycles. The van der Waals surface area contributed by atoms with Crippen LogP contribution in [0.25, 0.3) is 0 Å². The summed E-state index contributed by atoms with van der Waals surface area (Å²) in [7, 11) is 0. The van der Waals surface area contributed by atoms with Gasteiger partial charge in [-0.2, -0.15) is 0 Å². The minimum Gasteiger partial charge on any atom is -0.478 e. The highest BCUT2D eigenvalue weighted by Crippen LogP contribution is 2.28. The lowest BCUT2D eigenvalue weighted by Gasteiger charge is -2.09. The molecule has 0 saturated carbocycles. The molecule has 1 aromatic heterocycles. The molecule has 0 saturated heterocycles. The van der Waals surface area contributed by atoms with E-state index in [1.54, 1.807) is 19.1 Å². The van der Waals surface area contributed by atoms with Gasteiger partial charge in [-0.1, -0.05) is 27.5 Å². The summed E-state index contributed by atoms with van der Waals surface area (Å²) in [5.74, 6) is -0.550. The molecular formula is C13H10BrClN2O2. The van der Waals surface area contributed by atoms with Crippen LogP contribution in [0.15, 0.2) is 34.8 Å². The van der Waals surface area contributed by atoms with Gasteiger partial charge in [-0.05, 0) is 37.3 Å². The zero-order chi connectivity index (χ0) is 14.0. The molecule has 98 valence electrons. The number of carbonyl (C=O) groups is 1. The number of aromatic nitrogens is 1. The monoisotopic (exact) mass is 340 g/mol. The maximum absolute atomic E-state index is 11.0. The number of hydrogen-bond acceptors (Lipinski definition) is 3. The highest BCUT2D eigenvalue weighted by atomic mass is 79.9. The predicted molar refractivity (Wildman–Crippen MR) is 78.4 cm³/mol. The van der Waals surface area contributed by atoms with Crippen LogP contribution in [-0.2, 0) is 0 Å². The Labute approximate surface area is 123 Å². The van der Waals surface area contributed by atoms with Crippen LogP contribution >= 0.6 is 27.5 Å². The van der Waals surface area contributed by atoms with E-state index in [0.29, 0.717) is 22.2 Å². The number of aromatic carboxylic acids is 1. The molecular weight excluding hydrogens is 332 g/mol. The molecule has 0 bridgehead atoms. The second-order valence-electron chi connectivity index (χ2n) is 3.94. The van der Waals surface area contributed by atoms with E-state index >= 15 is 0 Å². The number of pyridine rings is 1. The van der Waals surface area contributed by atoms with E-state index in [1.165, 1.54) is 12.1 Å². The number of hydrogen-bond donors (Lipinski definition) is 2. The lowest BCUT2D eigenvalue weighted by atomic mass is 10.2. The van der Waals surface area contributed by atoms with E-state index in [0.717, 1.165) is 4.47 Å². The Hall–Kier alpha value is -1.59. The van der Waals surface area contributed by atoms with Gasteiger partial charge in [0.2, 0.25) is 0 Å². The molecule has 0 aliphatic carbocycles. The second-order valence-corrected chi connectivity index (χ2v) is 5.26. The largest absolute Gasteiger partial charge is 0.478 e. The summed E-state index contributed by atoms with van der Waals surface area (Å²) in [4.78, 5) is 15.2. The number of rotatable bonds is 3. The summed E-state index contributed by atoms with van der Waals surface area (Å²) in [6, 6.07) is 8.33. The number of aryl methyl sites for hydroxylation is 1. The number of nitrogens with one attached hydrogen (secondary N) is 1. The summed E-state index contributed by atoms with van der Waals surface area (Å²) in [6.07, 6.45) is 0. The van der Waals surface area contributed by atoms with E-state index in [1.807, 2.05) is 6.07 Å². The van der Waals surface area contributed by atoms with E-state index in [4.69, 9.17) is 16.7 Å². The summed E-state index contributed by atoms with van der Waals surface area (Å²) in [5, 5.41) is 12.6. The second kappa shape index (κ2) is 5.59. The van der Waals surface area contributed by atoms with Crippen molar-refractivity contribution in [2.45, 2.75) is 6.92 Å². The minimum atomic E-state index is -0.992. The van der Waals surface area contributed by atoms with E-state index in [9.17, 15) is 4.79 Å². The van der Waals surface area contributed by atoms with Crippen molar-refractivity contribution in [3.05, 3.63) is 51.1 Å². The fraction of sp³-hybridized carbons (Fsp3) is 0.0769. The molecule has 6 heteroatoms. The first kappa shape index (κ1) is 13.8. The number of carboxylic acid groups (broad SMARTS) is 1. The van der Waals surface area contributed by atoms with Crippen molar-refractivity contribution in [2.75, 3.05) is 5.32 Å². The van der Waals surface area contributed by atoms with Crippen LogP contribution in [0.1, 0.15) is 16.1 Å². The van der Waals surface area contributed by atoms with Crippen LogP contribution < -0.4 is 5.32 Å². The zero-order valence-corrected chi connectivity index (χ0v) is 12.3. The molecule has 4 nitrogen and oxygen atoms in total. The van der Waals surface area contributed by atoms with Crippen molar-refractivity contribution in [2.24, 2.45) is 0 Å². The molecule has 19 heavy (non-hydrogen) atoms. The van der Waals surface area contributed by atoms with Crippen LogP contribution in [0.4, 0.5) is 11.5 Å². The minimum absolute atomic E-state index is 0.182. The van der Waals surface area contributed by atoms with Crippen LogP contribution in [0.2, 0.25) is 5.02 Å². The van der Waals surface area contributed by atoms with Crippen LogP contribution in [0, 0.1) is 6.92 Å². The summed E-state index contributed by atoms with van der Waals surface area (Å²) >= 11 is 9.41. The van der Waals surface area contributed by atoms with Gasteiger partial charge >= 0.3 is 5.97 Å². The number of halogens is 2. The number of benzene rings is 1. The number of anilines is 2. The van der Waals surface area contributed by atoms with Gasteiger partial charge in [0.1, 0.15) is 5.82 Å². The Kier molecular flexibility index (Phi) is 4.07. The van der Waals surface area contributed by atoms with Crippen molar-refractivity contribution in [1.29, 1.82) is 0 Å². The Balaban J connectivity index is 2.38. The van der Waals surface area contributed by atoms with Crippen LogP contribution in [-0.4, -0.2) is 16.1 Å². The lowest BCUT2D eigenvalue weighted by Crippen LogP contribution is -2.02. The first-order chi connectivity index (χ1) is 8.95. The zero-order valence-electron chi connectivity index (χ0n) is 9.95. The van der Waals surface area contributed by atoms with Crippen molar-refractivity contribution < 1.29 is 9.90 Å². The molecule has 2 rings (SSSR count). The normalized spacial score (nSPS) is 10.3. The van der Waals surface area contributed by atoms with Crippen LogP contribution in [0.3, 0.4) is 0 Å². The Morgan fingerprint density at radius 3 is 2.79 bits per heavy atom. The average Bonchev–Trinajstić information content (AvgIpc) is 2.33.